The summed E-state index contributed by atoms with van der Waals surface area (Å²) in [5.41, 5.74) is 3.37. The van der Waals surface area contributed by atoms with Gasteiger partial charge in [0.1, 0.15) is 0 Å². The van der Waals surface area contributed by atoms with E-state index < -0.39 is 0 Å². The van der Waals surface area contributed by atoms with E-state index in [1.165, 1.54) is 5.69 Å². The van der Waals surface area contributed by atoms with Crippen molar-refractivity contribution in [1.29, 1.82) is 0 Å². The zero-order valence-corrected chi connectivity index (χ0v) is 13.7. The van der Waals surface area contributed by atoms with E-state index in [2.05, 4.69) is 33.0 Å². The van der Waals surface area contributed by atoms with Crippen molar-refractivity contribution < 1.29 is 4.74 Å². The molecule has 0 bridgehead atoms. The van der Waals surface area contributed by atoms with Crippen molar-refractivity contribution in [3.8, 4) is 0 Å². The van der Waals surface area contributed by atoms with Gasteiger partial charge in [-0.3, -0.25) is 4.79 Å². The van der Waals surface area contributed by atoms with Crippen molar-refractivity contribution in [1.82, 2.24) is 4.57 Å². The third-order valence-corrected chi connectivity index (χ3v) is 5.35. The molecule has 0 radical (unpaired) electrons. The molecular formula is C16H17BrN2O2. The highest BCUT2D eigenvalue weighted by Gasteiger charge is 2.49. The van der Waals surface area contributed by atoms with Gasteiger partial charge in [0.05, 0.1) is 24.1 Å². The third-order valence-electron chi connectivity index (χ3n) is 4.69. The topological polar surface area (TPSA) is 34.5 Å². The molecule has 21 heavy (non-hydrogen) atoms. The molecule has 2 aliphatic rings. The molecule has 2 aliphatic heterocycles. The van der Waals surface area contributed by atoms with Crippen molar-refractivity contribution in [3.05, 3.63) is 38.6 Å². The molecule has 4 rings (SSSR count). The SMILES string of the molecule is Cc1cc2c(Br)cc(N3CC4(COC4)C3)cc2n(C)c1=O. The number of benzene rings is 1. The normalized spacial score (nSPS) is 19.7. The van der Waals surface area contributed by atoms with Gasteiger partial charge in [0.15, 0.2) is 0 Å². The van der Waals surface area contributed by atoms with Crippen LogP contribution in [0.15, 0.2) is 27.5 Å². The van der Waals surface area contributed by atoms with Crippen LogP contribution in [0.25, 0.3) is 10.9 Å². The number of hydrogen-bond donors (Lipinski definition) is 0. The number of rotatable bonds is 1. The zero-order valence-electron chi connectivity index (χ0n) is 12.1. The number of aromatic nitrogens is 1. The molecule has 4 nitrogen and oxygen atoms in total. The second kappa shape index (κ2) is 4.34. The van der Waals surface area contributed by atoms with E-state index in [0.29, 0.717) is 5.41 Å². The highest BCUT2D eigenvalue weighted by atomic mass is 79.9. The number of pyridine rings is 1. The van der Waals surface area contributed by atoms with Crippen LogP contribution in [0, 0.1) is 12.3 Å². The van der Waals surface area contributed by atoms with E-state index in [4.69, 9.17) is 4.74 Å². The molecular weight excluding hydrogens is 332 g/mol. The number of nitrogens with zero attached hydrogens (tertiary/aromatic N) is 2. The Labute approximate surface area is 131 Å². The molecule has 0 saturated carbocycles. The van der Waals surface area contributed by atoms with Crippen molar-refractivity contribution >= 4 is 32.5 Å². The quantitative estimate of drug-likeness (QED) is 0.793. The third kappa shape index (κ3) is 1.87. The second-order valence-corrected chi connectivity index (χ2v) is 7.26. The maximum atomic E-state index is 12.1. The van der Waals surface area contributed by atoms with E-state index >= 15 is 0 Å². The Balaban J connectivity index is 1.80. The minimum atomic E-state index is 0.0685. The Morgan fingerprint density at radius 2 is 1.95 bits per heavy atom. The van der Waals surface area contributed by atoms with E-state index in [0.717, 1.165) is 47.2 Å². The summed E-state index contributed by atoms with van der Waals surface area (Å²) in [6.07, 6.45) is 0. The predicted octanol–water partition coefficient (Wildman–Crippen LogP) is 2.45. The summed E-state index contributed by atoms with van der Waals surface area (Å²) in [6, 6.07) is 6.23. The molecule has 2 fully saturated rings. The summed E-state index contributed by atoms with van der Waals surface area (Å²) < 4.78 is 8.10. The summed E-state index contributed by atoms with van der Waals surface area (Å²) in [7, 11) is 1.84. The Bertz CT molecular complexity index is 800. The van der Waals surface area contributed by atoms with Crippen LogP contribution in [-0.4, -0.2) is 30.9 Å². The number of aryl methyl sites for hydroxylation is 2. The van der Waals surface area contributed by atoms with Crippen LogP contribution in [0.3, 0.4) is 0 Å². The summed E-state index contributed by atoms with van der Waals surface area (Å²) in [5.74, 6) is 0. The maximum Gasteiger partial charge on any atom is 0.253 e. The molecule has 0 unspecified atom stereocenters. The van der Waals surface area contributed by atoms with Gasteiger partial charge in [-0.05, 0) is 25.1 Å². The average Bonchev–Trinajstić information content (AvgIpc) is 2.34. The molecule has 110 valence electrons. The van der Waals surface area contributed by atoms with Gasteiger partial charge < -0.3 is 14.2 Å². The standard InChI is InChI=1S/C16H17BrN2O2/c1-10-3-12-13(17)4-11(5-14(12)18(2)15(10)20)19-6-16(7-19)8-21-9-16/h3-5H,6-9H2,1-2H3. The number of hydrogen-bond acceptors (Lipinski definition) is 3. The zero-order chi connectivity index (χ0) is 14.8. The lowest BCUT2D eigenvalue weighted by Crippen LogP contribution is -2.66. The molecule has 1 spiro atoms. The van der Waals surface area contributed by atoms with Crippen LogP contribution in [0.5, 0.6) is 0 Å². The first kappa shape index (κ1) is 13.3. The van der Waals surface area contributed by atoms with Crippen LogP contribution in [-0.2, 0) is 11.8 Å². The molecule has 1 aromatic heterocycles. The molecule has 2 aromatic rings. The average molecular weight is 349 g/mol. The van der Waals surface area contributed by atoms with Gasteiger partial charge in [-0.1, -0.05) is 15.9 Å². The first-order valence-electron chi connectivity index (χ1n) is 7.12. The number of anilines is 1. The monoisotopic (exact) mass is 348 g/mol. The minimum Gasteiger partial charge on any atom is -0.380 e. The van der Waals surface area contributed by atoms with Gasteiger partial charge in [-0.15, -0.1) is 0 Å². The van der Waals surface area contributed by atoms with Gasteiger partial charge >= 0.3 is 0 Å². The van der Waals surface area contributed by atoms with Crippen LogP contribution in [0.1, 0.15) is 5.56 Å². The number of fused-ring (bicyclic) bond motifs is 1. The van der Waals surface area contributed by atoms with Gasteiger partial charge in [-0.2, -0.15) is 0 Å². The molecule has 0 amide bonds. The number of halogens is 1. The molecule has 0 aliphatic carbocycles. The van der Waals surface area contributed by atoms with Crippen LogP contribution < -0.4 is 10.5 Å². The van der Waals surface area contributed by atoms with Crippen molar-refractivity contribution in [2.45, 2.75) is 6.92 Å². The molecule has 2 saturated heterocycles. The van der Waals surface area contributed by atoms with Gasteiger partial charge in [0, 0.05) is 41.2 Å². The van der Waals surface area contributed by atoms with Gasteiger partial charge in [-0.25, -0.2) is 0 Å². The van der Waals surface area contributed by atoms with Crippen LogP contribution in [0.2, 0.25) is 0 Å². The molecule has 3 heterocycles. The first-order valence-corrected chi connectivity index (χ1v) is 7.91. The lowest BCUT2D eigenvalue weighted by Gasteiger charge is -2.56. The first-order chi connectivity index (χ1) is 9.99. The van der Waals surface area contributed by atoms with Crippen LogP contribution >= 0.6 is 15.9 Å². The Kier molecular flexibility index (Phi) is 2.75. The van der Waals surface area contributed by atoms with E-state index in [1.54, 1.807) is 4.57 Å². The largest absolute Gasteiger partial charge is 0.380 e. The van der Waals surface area contributed by atoms with E-state index in [-0.39, 0.29) is 5.56 Å². The van der Waals surface area contributed by atoms with Gasteiger partial charge in [0.2, 0.25) is 0 Å². The lowest BCUT2D eigenvalue weighted by atomic mass is 9.78. The smallest absolute Gasteiger partial charge is 0.253 e. The fourth-order valence-corrected chi connectivity index (χ4v) is 3.92. The van der Waals surface area contributed by atoms with Crippen LogP contribution in [0.4, 0.5) is 5.69 Å². The van der Waals surface area contributed by atoms with E-state index in [1.807, 2.05) is 20.0 Å². The van der Waals surface area contributed by atoms with E-state index in [9.17, 15) is 4.79 Å². The fraction of sp³-hybridized carbons (Fsp3) is 0.438. The highest BCUT2D eigenvalue weighted by molar-refractivity contribution is 9.10. The van der Waals surface area contributed by atoms with Crippen molar-refractivity contribution in [3.63, 3.8) is 0 Å². The fourth-order valence-electron chi connectivity index (χ4n) is 3.36. The Morgan fingerprint density at radius 1 is 1.24 bits per heavy atom. The lowest BCUT2D eigenvalue weighted by molar-refractivity contribution is -0.127. The summed E-state index contributed by atoms with van der Waals surface area (Å²) in [5, 5.41) is 1.08. The minimum absolute atomic E-state index is 0.0685. The summed E-state index contributed by atoms with van der Waals surface area (Å²) in [4.78, 5) is 14.5. The number of ether oxygens (including phenoxy) is 1. The summed E-state index contributed by atoms with van der Waals surface area (Å²) in [6.45, 7) is 5.72. The molecule has 5 heteroatoms. The molecule has 0 N–H and O–H groups in total. The van der Waals surface area contributed by atoms with Crippen molar-refractivity contribution in [2.24, 2.45) is 12.5 Å². The maximum absolute atomic E-state index is 12.1. The Morgan fingerprint density at radius 3 is 2.57 bits per heavy atom. The molecule has 0 atom stereocenters. The van der Waals surface area contributed by atoms with Gasteiger partial charge in [0.25, 0.3) is 5.56 Å². The highest BCUT2D eigenvalue weighted by Crippen LogP contribution is 2.41. The predicted molar refractivity (Wildman–Crippen MR) is 87.1 cm³/mol. The Hall–Kier alpha value is -1.33. The second-order valence-electron chi connectivity index (χ2n) is 6.40. The van der Waals surface area contributed by atoms with Crippen molar-refractivity contribution in [2.75, 3.05) is 31.2 Å². The molecule has 1 aromatic carbocycles. The summed E-state index contributed by atoms with van der Waals surface area (Å²) >= 11 is 3.66.